The maximum atomic E-state index is 14.2. The third-order valence-corrected chi connectivity index (χ3v) is 4.41. The fourth-order valence-corrected chi connectivity index (χ4v) is 3.10. The Morgan fingerprint density at radius 2 is 2.00 bits per heavy atom. The number of aromatic nitrogens is 3. The van der Waals surface area contributed by atoms with E-state index >= 15 is 0 Å². The number of hydrogen-bond donors (Lipinski definition) is 2. The first-order chi connectivity index (χ1) is 12.6. The molecule has 0 aliphatic rings. The van der Waals surface area contributed by atoms with Gasteiger partial charge in [0.1, 0.15) is 11.5 Å². The Kier molecular flexibility index (Phi) is 4.22. The van der Waals surface area contributed by atoms with Gasteiger partial charge in [-0.15, -0.1) is 0 Å². The highest BCUT2D eigenvalue weighted by molar-refractivity contribution is 9.10. The molecule has 128 valence electrons. The Labute approximate surface area is 156 Å². The van der Waals surface area contributed by atoms with Crippen LogP contribution in [0.1, 0.15) is 10.4 Å². The molecule has 26 heavy (non-hydrogen) atoms. The number of carbonyl (C=O) groups excluding carboxylic acids is 1. The van der Waals surface area contributed by atoms with Crippen LogP contribution in [0.5, 0.6) is 0 Å². The molecule has 3 heterocycles. The first kappa shape index (κ1) is 16.4. The monoisotopic (exact) mass is 410 g/mol. The van der Waals surface area contributed by atoms with Crippen LogP contribution >= 0.6 is 15.9 Å². The second-order valence-electron chi connectivity index (χ2n) is 5.61. The third-order valence-electron chi connectivity index (χ3n) is 3.98. The van der Waals surface area contributed by atoms with Gasteiger partial charge >= 0.3 is 0 Å². The van der Waals surface area contributed by atoms with Gasteiger partial charge in [-0.3, -0.25) is 9.78 Å². The molecule has 4 aromatic rings. The van der Waals surface area contributed by atoms with Crippen molar-refractivity contribution in [3.05, 3.63) is 77.0 Å². The molecule has 3 aromatic heterocycles. The van der Waals surface area contributed by atoms with Crippen LogP contribution in [0.15, 0.2) is 65.7 Å². The maximum absolute atomic E-state index is 14.2. The maximum Gasteiger partial charge on any atom is 0.257 e. The number of aromatic amines is 1. The van der Waals surface area contributed by atoms with E-state index in [2.05, 4.69) is 36.2 Å². The zero-order chi connectivity index (χ0) is 18.1. The van der Waals surface area contributed by atoms with Crippen molar-refractivity contribution < 1.29 is 9.18 Å². The molecule has 0 aliphatic carbocycles. The molecule has 0 bridgehead atoms. The van der Waals surface area contributed by atoms with Crippen molar-refractivity contribution in [2.45, 2.75) is 0 Å². The van der Waals surface area contributed by atoms with Gasteiger partial charge in [0, 0.05) is 39.6 Å². The lowest BCUT2D eigenvalue weighted by Gasteiger charge is -2.11. The lowest BCUT2D eigenvalue weighted by atomic mass is 10.0. The van der Waals surface area contributed by atoms with Crippen LogP contribution in [-0.4, -0.2) is 20.9 Å². The predicted octanol–water partition coefficient (Wildman–Crippen LogP) is 4.78. The molecular weight excluding hydrogens is 399 g/mol. The van der Waals surface area contributed by atoms with Gasteiger partial charge < -0.3 is 10.3 Å². The summed E-state index contributed by atoms with van der Waals surface area (Å²) in [6.07, 6.45) is 6.31. The highest BCUT2D eigenvalue weighted by Crippen LogP contribution is 2.30. The molecule has 5 nitrogen and oxygen atoms in total. The fourth-order valence-electron chi connectivity index (χ4n) is 2.76. The summed E-state index contributed by atoms with van der Waals surface area (Å²) < 4.78 is 14.9. The summed E-state index contributed by atoms with van der Waals surface area (Å²) in [4.78, 5) is 24.0. The zero-order valence-corrected chi connectivity index (χ0v) is 14.9. The molecule has 0 spiro atoms. The van der Waals surface area contributed by atoms with Crippen molar-refractivity contribution in [1.82, 2.24) is 15.0 Å². The van der Waals surface area contributed by atoms with Crippen LogP contribution in [0, 0.1) is 5.82 Å². The second-order valence-corrected chi connectivity index (χ2v) is 6.52. The van der Waals surface area contributed by atoms with Crippen LogP contribution in [0.2, 0.25) is 0 Å². The molecule has 0 unspecified atom stereocenters. The Bertz CT molecular complexity index is 1130. The molecule has 2 N–H and O–H groups in total. The molecule has 0 fully saturated rings. The van der Waals surface area contributed by atoms with E-state index in [1.54, 1.807) is 42.9 Å². The van der Waals surface area contributed by atoms with E-state index in [4.69, 9.17) is 0 Å². The Morgan fingerprint density at radius 3 is 2.85 bits per heavy atom. The normalized spacial score (nSPS) is 10.8. The Morgan fingerprint density at radius 1 is 1.15 bits per heavy atom. The van der Waals surface area contributed by atoms with Crippen molar-refractivity contribution in [1.29, 1.82) is 0 Å². The van der Waals surface area contributed by atoms with E-state index in [0.717, 1.165) is 4.47 Å². The number of pyridine rings is 2. The summed E-state index contributed by atoms with van der Waals surface area (Å²) >= 11 is 3.36. The summed E-state index contributed by atoms with van der Waals surface area (Å²) in [7, 11) is 0. The summed E-state index contributed by atoms with van der Waals surface area (Å²) in [6.45, 7) is 0. The Balaban J connectivity index is 1.73. The lowest BCUT2D eigenvalue weighted by molar-refractivity contribution is 0.102. The molecule has 0 radical (unpaired) electrons. The molecule has 0 atom stereocenters. The quantitative estimate of drug-likeness (QED) is 0.510. The van der Waals surface area contributed by atoms with E-state index in [1.807, 2.05) is 6.07 Å². The van der Waals surface area contributed by atoms with Crippen LogP contribution in [-0.2, 0) is 0 Å². The number of amides is 1. The van der Waals surface area contributed by atoms with Crippen LogP contribution in [0.4, 0.5) is 10.1 Å². The van der Waals surface area contributed by atoms with Gasteiger partial charge in [-0.1, -0.05) is 18.2 Å². The Hall–Kier alpha value is -3.06. The van der Waals surface area contributed by atoms with E-state index in [9.17, 15) is 9.18 Å². The predicted molar refractivity (Wildman–Crippen MR) is 101 cm³/mol. The van der Waals surface area contributed by atoms with Gasteiger partial charge in [-0.2, -0.15) is 0 Å². The smallest absolute Gasteiger partial charge is 0.257 e. The standard InChI is InChI=1S/C19H12BrFN4O/c20-11-7-14-15(9-24-18(14)23-8-11)19(26)25-17-10-22-6-5-13(17)12-3-1-2-4-16(12)21/h1-10H,(H,23,24)(H,25,26). The summed E-state index contributed by atoms with van der Waals surface area (Å²) in [5.74, 6) is -0.698. The highest BCUT2D eigenvalue weighted by Gasteiger charge is 2.16. The molecule has 0 saturated carbocycles. The highest BCUT2D eigenvalue weighted by atomic mass is 79.9. The van der Waals surface area contributed by atoms with Crippen molar-refractivity contribution in [2.75, 3.05) is 5.32 Å². The van der Waals surface area contributed by atoms with Gasteiger partial charge in [0.15, 0.2) is 0 Å². The van der Waals surface area contributed by atoms with Crippen molar-refractivity contribution in [2.24, 2.45) is 0 Å². The minimum absolute atomic E-state index is 0.332. The number of H-pyrrole nitrogens is 1. The van der Waals surface area contributed by atoms with Crippen LogP contribution < -0.4 is 5.32 Å². The van der Waals surface area contributed by atoms with Crippen LogP contribution in [0.3, 0.4) is 0 Å². The van der Waals surface area contributed by atoms with Crippen LogP contribution in [0.25, 0.3) is 22.2 Å². The zero-order valence-electron chi connectivity index (χ0n) is 13.3. The largest absolute Gasteiger partial charge is 0.345 e. The van der Waals surface area contributed by atoms with E-state index in [1.165, 1.54) is 12.3 Å². The number of nitrogens with one attached hydrogen (secondary N) is 2. The molecule has 1 aromatic carbocycles. The van der Waals surface area contributed by atoms with E-state index < -0.39 is 0 Å². The molecule has 1 amide bonds. The SMILES string of the molecule is O=C(Nc1cnccc1-c1ccccc1F)c1c[nH]c2ncc(Br)cc12. The minimum atomic E-state index is -0.366. The molecular formula is C19H12BrFN4O. The summed E-state index contributed by atoms with van der Waals surface area (Å²) in [5.41, 5.74) is 2.44. The number of halogens is 2. The second kappa shape index (κ2) is 6.68. The van der Waals surface area contributed by atoms with Crippen molar-refractivity contribution in [3.63, 3.8) is 0 Å². The van der Waals surface area contributed by atoms with Gasteiger partial charge in [-0.05, 0) is 34.1 Å². The number of rotatable bonds is 3. The first-order valence-electron chi connectivity index (χ1n) is 7.76. The average molecular weight is 411 g/mol. The van der Waals surface area contributed by atoms with E-state index in [-0.39, 0.29) is 11.7 Å². The topological polar surface area (TPSA) is 70.7 Å². The molecule has 0 saturated heterocycles. The number of benzene rings is 1. The van der Waals surface area contributed by atoms with E-state index in [0.29, 0.717) is 33.4 Å². The number of carbonyl (C=O) groups is 1. The summed E-state index contributed by atoms with van der Waals surface area (Å²) in [6, 6.07) is 9.88. The minimum Gasteiger partial charge on any atom is -0.345 e. The lowest BCUT2D eigenvalue weighted by Crippen LogP contribution is -2.12. The molecule has 4 rings (SSSR count). The van der Waals surface area contributed by atoms with Gasteiger partial charge in [0.2, 0.25) is 0 Å². The first-order valence-corrected chi connectivity index (χ1v) is 8.55. The van der Waals surface area contributed by atoms with Crippen molar-refractivity contribution in [3.8, 4) is 11.1 Å². The number of fused-ring (bicyclic) bond motifs is 1. The summed E-state index contributed by atoms with van der Waals surface area (Å²) in [5, 5.41) is 3.51. The number of nitrogens with zero attached hydrogens (tertiary/aromatic N) is 2. The number of hydrogen-bond acceptors (Lipinski definition) is 3. The number of anilines is 1. The third kappa shape index (κ3) is 2.97. The van der Waals surface area contributed by atoms with Gasteiger partial charge in [-0.25, -0.2) is 9.37 Å². The van der Waals surface area contributed by atoms with Gasteiger partial charge in [0.25, 0.3) is 5.91 Å². The average Bonchev–Trinajstić information content (AvgIpc) is 3.06. The fraction of sp³-hybridized carbons (Fsp3) is 0. The van der Waals surface area contributed by atoms with Gasteiger partial charge in [0.05, 0.1) is 17.4 Å². The van der Waals surface area contributed by atoms with Crippen molar-refractivity contribution >= 4 is 38.6 Å². The molecule has 7 heteroatoms. The molecule has 0 aliphatic heterocycles.